The number of piperidine rings is 1. The van der Waals surface area contributed by atoms with E-state index >= 15 is 0 Å². The van der Waals surface area contributed by atoms with Gasteiger partial charge >= 0.3 is 0 Å². The van der Waals surface area contributed by atoms with Crippen molar-refractivity contribution >= 4 is 17.5 Å². The van der Waals surface area contributed by atoms with Crippen LogP contribution in [-0.4, -0.2) is 25.0 Å². The molecule has 24 heavy (non-hydrogen) atoms. The number of nitrogens with one attached hydrogen (secondary N) is 2. The highest BCUT2D eigenvalue weighted by Crippen LogP contribution is 2.39. The van der Waals surface area contributed by atoms with E-state index in [1.165, 1.54) is 31.4 Å². The van der Waals surface area contributed by atoms with Crippen LogP contribution in [0.2, 0.25) is 5.02 Å². The van der Waals surface area contributed by atoms with Crippen LogP contribution in [0.1, 0.15) is 56.4 Å². The highest BCUT2D eigenvalue weighted by molar-refractivity contribution is 6.31. The summed E-state index contributed by atoms with van der Waals surface area (Å²) >= 11 is 6.20. The van der Waals surface area contributed by atoms with Crippen LogP contribution in [0.3, 0.4) is 0 Å². The molecule has 3 nitrogen and oxygen atoms in total. The maximum absolute atomic E-state index is 13.2. The van der Waals surface area contributed by atoms with Crippen LogP contribution in [0.4, 0.5) is 4.39 Å². The Bertz CT molecular complexity index is 572. The van der Waals surface area contributed by atoms with E-state index in [2.05, 4.69) is 10.6 Å². The second-order valence-electron chi connectivity index (χ2n) is 7.17. The van der Waals surface area contributed by atoms with Crippen molar-refractivity contribution in [2.24, 2.45) is 5.92 Å². The van der Waals surface area contributed by atoms with Crippen molar-refractivity contribution in [2.45, 2.75) is 56.9 Å². The summed E-state index contributed by atoms with van der Waals surface area (Å²) in [7, 11) is 0. The molecule has 1 heterocycles. The molecule has 1 atom stereocenters. The van der Waals surface area contributed by atoms with E-state index in [9.17, 15) is 9.18 Å². The summed E-state index contributed by atoms with van der Waals surface area (Å²) in [5.74, 6) is 1.10. The molecule has 3 rings (SSSR count). The zero-order valence-electron chi connectivity index (χ0n) is 14.0. The summed E-state index contributed by atoms with van der Waals surface area (Å²) in [6, 6.07) is 5.12. The minimum Gasteiger partial charge on any atom is -0.356 e. The molecular weight excluding hydrogens is 327 g/mol. The number of carbonyl (C=O) groups excluding carboxylic acids is 1. The fourth-order valence-electron chi connectivity index (χ4n) is 4.04. The van der Waals surface area contributed by atoms with Crippen LogP contribution in [0.25, 0.3) is 0 Å². The van der Waals surface area contributed by atoms with E-state index in [1.807, 2.05) is 6.07 Å². The van der Waals surface area contributed by atoms with Gasteiger partial charge in [-0.3, -0.25) is 4.79 Å². The molecule has 2 fully saturated rings. The number of carbonyl (C=O) groups is 1. The third kappa shape index (κ3) is 4.70. The average Bonchev–Trinajstić information content (AvgIpc) is 2.56. The first-order valence-electron chi connectivity index (χ1n) is 9.07. The predicted molar refractivity (Wildman–Crippen MR) is 94.8 cm³/mol. The number of hydrogen-bond acceptors (Lipinski definition) is 2. The second-order valence-corrected chi connectivity index (χ2v) is 7.57. The molecule has 2 aliphatic rings. The molecule has 1 aliphatic carbocycles. The number of amides is 1. The van der Waals surface area contributed by atoms with E-state index in [4.69, 9.17) is 11.6 Å². The van der Waals surface area contributed by atoms with Crippen molar-refractivity contribution in [3.8, 4) is 0 Å². The lowest BCUT2D eigenvalue weighted by atomic mass is 9.77. The van der Waals surface area contributed by atoms with E-state index in [0.29, 0.717) is 23.4 Å². The van der Waals surface area contributed by atoms with E-state index < -0.39 is 0 Å². The molecule has 2 N–H and O–H groups in total. The third-order valence-electron chi connectivity index (χ3n) is 5.48. The molecule has 1 amide bonds. The Morgan fingerprint density at radius 2 is 2.00 bits per heavy atom. The molecule has 1 aliphatic heterocycles. The molecule has 1 saturated carbocycles. The summed E-state index contributed by atoms with van der Waals surface area (Å²) in [6.07, 6.45) is 7.46. The molecule has 0 spiro atoms. The van der Waals surface area contributed by atoms with Gasteiger partial charge in [0.05, 0.1) is 0 Å². The lowest BCUT2D eigenvalue weighted by Gasteiger charge is -2.30. The van der Waals surface area contributed by atoms with E-state index in [1.54, 1.807) is 0 Å². The van der Waals surface area contributed by atoms with E-state index in [-0.39, 0.29) is 11.7 Å². The molecule has 0 bridgehead atoms. The summed E-state index contributed by atoms with van der Waals surface area (Å²) in [4.78, 5) is 11.4. The monoisotopic (exact) mass is 352 g/mol. The van der Waals surface area contributed by atoms with Crippen molar-refractivity contribution in [1.29, 1.82) is 0 Å². The fraction of sp³-hybridized carbons (Fsp3) is 0.632. The smallest absolute Gasteiger partial charge is 0.221 e. The molecular formula is C19H26ClFN2O. The quantitative estimate of drug-likeness (QED) is 0.840. The predicted octanol–water partition coefficient (Wildman–Crippen LogP) is 4.01. The van der Waals surface area contributed by atoms with Gasteiger partial charge < -0.3 is 10.6 Å². The van der Waals surface area contributed by atoms with Gasteiger partial charge in [-0.15, -0.1) is 0 Å². The molecule has 0 unspecified atom stereocenters. The van der Waals surface area contributed by atoms with Crippen LogP contribution in [0.5, 0.6) is 0 Å². The number of rotatable bonds is 5. The number of hydrogen-bond donors (Lipinski definition) is 2. The van der Waals surface area contributed by atoms with Crippen LogP contribution >= 0.6 is 11.6 Å². The van der Waals surface area contributed by atoms with Gasteiger partial charge in [-0.05, 0) is 74.6 Å². The van der Waals surface area contributed by atoms with Gasteiger partial charge in [-0.25, -0.2) is 4.39 Å². The minimum absolute atomic E-state index is 0.162. The molecule has 132 valence electrons. The summed E-state index contributed by atoms with van der Waals surface area (Å²) < 4.78 is 13.2. The average molecular weight is 353 g/mol. The summed E-state index contributed by atoms with van der Waals surface area (Å²) in [5, 5.41) is 6.97. The van der Waals surface area contributed by atoms with Crippen LogP contribution < -0.4 is 10.6 Å². The third-order valence-corrected chi connectivity index (χ3v) is 5.81. The van der Waals surface area contributed by atoms with Crippen molar-refractivity contribution in [1.82, 2.24) is 10.6 Å². The van der Waals surface area contributed by atoms with Crippen LogP contribution in [-0.2, 0) is 4.79 Å². The van der Waals surface area contributed by atoms with E-state index in [0.717, 1.165) is 43.8 Å². The first-order chi connectivity index (χ1) is 11.6. The van der Waals surface area contributed by atoms with Crippen molar-refractivity contribution in [3.05, 3.63) is 34.6 Å². The Hall–Kier alpha value is -1.13. The molecule has 5 heteroatoms. The Kier molecular flexibility index (Phi) is 6.12. The molecule has 1 saturated heterocycles. The Labute approximate surface area is 148 Å². The van der Waals surface area contributed by atoms with Gasteiger partial charge in [-0.1, -0.05) is 17.7 Å². The van der Waals surface area contributed by atoms with Crippen molar-refractivity contribution in [2.75, 3.05) is 13.1 Å². The molecule has 0 radical (unpaired) electrons. The Balaban J connectivity index is 1.40. The topological polar surface area (TPSA) is 41.1 Å². The van der Waals surface area contributed by atoms with Gasteiger partial charge in [0.15, 0.2) is 0 Å². The maximum Gasteiger partial charge on any atom is 0.221 e. The lowest BCUT2D eigenvalue weighted by molar-refractivity contribution is -0.122. The van der Waals surface area contributed by atoms with Gasteiger partial charge in [0.25, 0.3) is 0 Å². The van der Waals surface area contributed by atoms with Crippen LogP contribution in [0.15, 0.2) is 18.2 Å². The maximum atomic E-state index is 13.2. The lowest BCUT2D eigenvalue weighted by Crippen LogP contribution is -2.43. The molecule has 1 aromatic carbocycles. The van der Waals surface area contributed by atoms with Gasteiger partial charge in [-0.2, -0.15) is 0 Å². The van der Waals surface area contributed by atoms with Gasteiger partial charge in [0, 0.05) is 24.0 Å². The zero-order valence-corrected chi connectivity index (χ0v) is 14.7. The first kappa shape index (κ1) is 17.7. The minimum atomic E-state index is -0.264. The number of benzene rings is 1. The summed E-state index contributed by atoms with van der Waals surface area (Å²) in [5.41, 5.74) is 1.10. The normalized spacial score (nSPS) is 27.8. The Morgan fingerprint density at radius 1 is 1.21 bits per heavy atom. The SMILES string of the molecule is O=C1C[C@@H](NCC[C@H]2CC[C@@H](c3ccc(F)cc3Cl)CC2)CCN1. The highest BCUT2D eigenvalue weighted by Gasteiger charge is 2.24. The fourth-order valence-corrected chi connectivity index (χ4v) is 4.37. The summed E-state index contributed by atoms with van der Waals surface area (Å²) in [6.45, 7) is 1.78. The van der Waals surface area contributed by atoms with Gasteiger partial charge in [0.1, 0.15) is 5.82 Å². The second kappa shape index (κ2) is 8.30. The van der Waals surface area contributed by atoms with Gasteiger partial charge in [0.2, 0.25) is 5.91 Å². The largest absolute Gasteiger partial charge is 0.356 e. The molecule has 0 aromatic heterocycles. The highest BCUT2D eigenvalue weighted by atomic mass is 35.5. The van der Waals surface area contributed by atoms with Crippen molar-refractivity contribution in [3.63, 3.8) is 0 Å². The van der Waals surface area contributed by atoms with Crippen LogP contribution in [0, 0.1) is 11.7 Å². The zero-order chi connectivity index (χ0) is 16.9. The van der Waals surface area contributed by atoms with Crippen molar-refractivity contribution < 1.29 is 9.18 Å². The Morgan fingerprint density at radius 3 is 2.71 bits per heavy atom. The first-order valence-corrected chi connectivity index (χ1v) is 9.44. The molecule has 1 aromatic rings. The number of halogens is 2. The standard InChI is InChI=1S/C19H26ClFN2O/c20-18-11-15(21)5-6-17(18)14-3-1-13(2-4-14)7-9-22-16-8-10-23-19(24)12-16/h5-6,11,13-14,16,22H,1-4,7-10,12H2,(H,23,24)/t13-,14+,16-/m0/s1.